The van der Waals surface area contributed by atoms with Crippen LogP contribution >= 0.6 is 0 Å². The molecule has 72 valence electrons. The molecule has 0 atom stereocenters. The summed E-state index contributed by atoms with van der Waals surface area (Å²) in [7, 11) is 0. The van der Waals surface area contributed by atoms with E-state index < -0.39 is 0 Å². The number of aromatic nitrogens is 1. The average Bonchev–Trinajstić information content (AvgIpc) is 2.22. The summed E-state index contributed by atoms with van der Waals surface area (Å²) < 4.78 is 0. The van der Waals surface area contributed by atoms with Gasteiger partial charge in [-0.2, -0.15) is 0 Å². The molecule has 1 aromatic heterocycles. The zero-order valence-electron chi connectivity index (χ0n) is 8.02. The number of nitrogens with two attached hydrogens (primary N) is 1. The molecular formula is C11H18N2. The smallest absolute Gasteiger partial charge is 0.0267 e. The van der Waals surface area contributed by atoms with Gasteiger partial charge in [-0.1, -0.05) is 25.3 Å². The quantitative estimate of drug-likeness (QED) is 0.662. The lowest BCUT2D eigenvalue weighted by atomic mass is 9.97. The fraction of sp³-hybridized carbons (Fsp3) is 0.545. The Bertz CT molecular complexity index is 166. The molecule has 0 unspecified atom stereocenters. The lowest BCUT2D eigenvalue weighted by molar-refractivity contribution is 0.441. The maximum Gasteiger partial charge on any atom is 0.0267 e. The van der Waals surface area contributed by atoms with Crippen molar-refractivity contribution in [3.05, 3.63) is 30.6 Å². The van der Waals surface area contributed by atoms with Crippen molar-refractivity contribution < 1.29 is 0 Å². The molecule has 0 aromatic carbocycles. The summed E-state index contributed by atoms with van der Waals surface area (Å²) in [4.78, 5) is 3.78. The van der Waals surface area contributed by atoms with Gasteiger partial charge in [0, 0.05) is 18.4 Å². The summed E-state index contributed by atoms with van der Waals surface area (Å²) >= 11 is 0. The van der Waals surface area contributed by atoms with Gasteiger partial charge in [0.15, 0.2) is 0 Å². The van der Waals surface area contributed by atoms with Crippen molar-refractivity contribution in [2.24, 2.45) is 5.73 Å². The van der Waals surface area contributed by atoms with E-state index in [4.69, 9.17) is 5.73 Å². The first-order valence-electron chi connectivity index (χ1n) is 5.00. The summed E-state index contributed by atoms with van der Waals surface area (Å²) in [5.74, 6) is 0. The monoisotopic (exact) mass is 178 g/mol. The van der Waals surface area contributed by atoms with Gasteiger partial charge in [-0.05, 0) is 25.0 Å². The third-order valence-electron chi connectivity index (χ3n) is 2.22. The Kier molecular flexibility index (Phi) is 5.18. The molecule has 13 heavy (non-hydrogen) atoms. The zero-order chi connectivity index (χ0) is 9.36. The molecule has 1 fully saturated rings. The maximum absolute atomic E-state index is 5.63. The molecule has 0 aliphatic heterocycles. The predicted molar refractivity (Wildman–Crippen MR) is 55.3 cm³/mol. The molecule has 2 heteroatoms. The minimum absolute atomic E-state index is 0.536. The summed E-state index contributed by atoms with van der Waals surface area (Å²) in [6.45, 7) is 0. The second kappa shape index (κ2) is 6.61. The predicted octanol–water partition coefficient (Wildman–Crippen LogP) is 2.36. The van der Waals surface area contributed by atoms with Gasteiger partial charge in [-0.25, -0.2) is 0 Å². The summed E-state index contributed by atoms with van der Waals surface area (Å²) in [5.41, 5.74) is 5.63. The molecule has 0 saturated heterocycles. The zero-order valence-corrected chi connectivity index (χ0v) is 8.02. The van der Waals surface area contributed by atoms with Crippen molar-refractivity contribution in [1.29, 1.82) is 0 Å². The van der Waals surface area contributed by atoms with E-state index in [9.17, 15) is 0 Å². The van der Waals surface area contributed by atoms with E-state index in [1.807, 2.05) is 18.2 Å². The molecule has 1 aliphatic rings. The van der Waals surface area contributed by atoms with Gasteiger partial charge < -0.3 is 5.73 Å². The van der Waals surface area contributed by atoms with Crippen molar-refractivity contribution in [3.8, 4) is 0 Å². The van der Waals surface area contributed by atoms with Gasteiger partial charge in [0.2, 0.25) is 0 Å². The Hall–Kier alpha value is -0.890. The fourth-order valence-electron chi connectivity index (χ4n) is 1.45. The van der Waals surface area contributed by atoms with Gasteiger partial charge in [-0.3, -0.25) is 4.98 Å². The standard InChI is InChI=1S/C6H13N.C5H5N/c7-6-4-2-1-3-5-6;1-2-4-6-5-3-1/h6H,1-5,7H2;1-5H. The van der Waals surface area contributed by atoms with Crippen LogP contribution in [0.25, 0.3) is 0 Å². The van der Waals surface area contributed by atoms with E-state index in [1.165, 1.54) is 32.1 Å². The van der Waals surface area contributed by atoms with Crippen molar-refractivity contribution in [2.75, 3.05) is 0 Å². The van der Waals surface area contributed by atoms with Gasteiger partial charge in [0.1, 0.15) is 0 Å². The second-order valence-electron chi connectivity index (χ2n) is 3.42. The van der Waals surface area contributed by atoms with Crippen LogP contribution in [-0.4, -0.2) is 11.0 Å². The van der Waals surface area contributed by atoms with E-state index in [1.54, 1.807) is 12.4 Å². The molecule has 1 aromatic rings. The molecule has 1 saturated carbocycles. The van der Waals surface area contributed by atoms with Crippen LogP contribution < -0.4 is 5.73 Å². The lowest BCUT2D eigenvalue weighted by Crippen LogP contribution is -2.22. The first kappa shape index (κ1) is 10.2. The topological polar surface area (TPSA) is 38.9 Å². The molecule has 2 nitrogen and oxygen atoms in total. The van der Waals surface area contributed by atoms with Gasteiger partial charge in [0.05, 0.1) is 0 Å². The Morgan fingerprint density at radius 2 is 1.54 bits per heavy atom. The second-order valence-corrected chi connectivity index (χ2v) is 3.42. The minimum atomic E-state index is 0.536. The van der Waals surface area contributed by atoms with Crippen molar-refractivity contribution >= 4 is 0 Å². The van der Waals surface area contributed by atoms with E-state index in [-0.39, 0.29) is 0 Å². The fourth-order valence-corrected chi connectivity index (χ4v) is 1.45. The number of pyridine rings is 1. The van der Waals surface area contributed by atoms with Crippen molar-refractivity contribution in [1.82, 2.24) is 4.98 Å². The highest BCUT2D eigenvalue weighted by atomic mass is 14.6. The minimum Gasteiger partial charge on any atom is -0.328 e. The first-order valence-corrected chi connectivity index (χ1v) is 5.00. The molecule has 0 spiro atoms. The molecule has 2 N–H and O–H groups in total. The van der Waals surface area contributed by atoms with E-state index in [0.717, 1.165) is 0 Å². The molecule has 1 heterocycles. The molecule has 0 amide bonds. The van der Waals surface area contributed by atoms with Crippen LogP contribution in [0.3, 0.4) is 0 Å². The number of hydrogen-bond donors (Lipinski definition) is 1. The molecule has 2 rings (SSSR count). The largest absolute Gasteiger partial charge is 0.328 e. The summed E-state index contributed by atoms with van der Waals surface area (Å²) in [6, 6.07) is 6.25. The molecule has 0 bridgehead atoms. The third-order valence-corrected chi connectivity index (χ3v) is 2.22. The first-order chi connectivity index (χ1) is 6.39. The molecule has 0 radical (unpaired) electrons. The molecule has 1 aliphatic carbocycles. The maximum atomic E-state index is 5.63. The molecular weight excluding hydrogens is 160 g/mol. The lowest BCUT2D eigenvalue weighted by Gasteiger charge is -2.15. The highest BCUT2D eigenvalue weighted by Crippen LogP contribution is 2.14. The number of nitrogens with zero attached hydrogens (tertiary/aromatic N) is 1. The van der Waals surface area contributed by atoms with Crippen LogP contribution in [0.1, 0.15) is 32.1 Å². The summed E-state index contributed by atoms with van der Waals surface area (Å²) in [6.07, 6.45) is 10.2. The van der Waals surface area contributed by atoms with Crippen LogP contribution in [0, 0.1) is 0 Å². The number of hydrogen-bond acceptors (Lipinski definition) is 2. The Labute approximate surface area is 80.2 Å². The van der Waals surface area contributed by atoms with E-state index >= 15 is 0 Å². The Morgan fingerprint density at radius 1 is 0.923 bits per heavy atom. The SMILES string of the molecule is NC1CCCCC1.c1ccncc1. The van der Waals surface area contributed by atoms with Crippen LogP contribution in [-0.2, 0) is 0 Å². The van der Waals surface area contributed by atoms with Crippen LogP contribution in [0.5, 0.6) is 0 Å². The normalized spacial score (nSPS) is 17.3. The number of rotatable bonds is 0. The highest BCUT2D eigenvalue weighted by molar-refractivity contribution is 4.88. The summed E-state index contributed by atoms with van der Waals surface area (Å²) in [5, 5.41) is 0. The average molecular weight is 178 g/mol. The Morgan fingerprint density at radius 3 is 1.77 bits per heavy atom. The van der Waals surface area contributed by atoms with Gasteiger partial charge >= 0.3 is 0 Å². The van der Waals surface area contributed by atoms with Gasteiger partial charge in [0.25, 0.3) is 0 Å². The van der Waals surface area contributed by atoms with Crippen LogP contribution in [0.15, 0.2) is 30.6 Å². The van der Waals surface area contributed by atoms with E-state index in [0.29, 0.717) is 6.04 Å². The third kappa shape index (κ3) is 5.36. The Balaban J connectivity index is 0.000000132. The van der Waals surface area contributed by atoms with Crippen LogP contribution in [0.4, 0.5) is 0 Å². The highest BCUT2D eigenvalue weighted by Gasteiger charge is 2.06. The van der Waals surface area contributed by atoms with Crippen molar-refractivity contribution in [2.45, 2.75) is 38.1 Å². The van der Waals surface area contributed by atoms with Gasteiger partial charge in [-0.15, -0.1) is 0 Å². The van der Waals surface area contributed by atoms with E-state index in [2.05, 4.69) is 4.98 Å². The van der Waals surface area contributed by atoms with Crippen molar-refractivity contribution in [3.63, 3.8) is 0 Å². The van der Waals surface area contributed by atoms with Crippen LogP contribution in [0.2, 0.25) is 0 Å².